The molecule has 0 bridgehead atoms. The Morgan fingerprint density at radius 2 is 2.21 bits per heavy atom. The average molecular weight is 223 g/mol. The molecule has 1 aliphatic heterocycles. The van der Waals surface area contributed by atoms with Crippen LogP contribution in [0.1, 0.15) is 12.8 Å². The lowest BCUT2D eigenvalue weighted by atomic mass is 10.1. The lowest BCUT2D eigenvalue weighted by molar-refractivity contribution is -0.0394. The summed E-state index contributed by atoms with van der Waals surface area (Å²) in [6, 6.07) is 0.112. The van der Waals surface area contributed by atoms with Crippen LogP contribution in [0.15, 0.2) is 0 Å². The zero-order valence-corrected chi connectivity index (χ0v) is 9.13. The lowest BCUT2D eigenvalue weighted by Crippen LogP contribution is -2.37. The predicted octanol–water partition coefficient (Wildman–Crippen LogP) is -0.489. The molecular weight excluding hydrogens is 206 g/mol. The van der Waals surface area contributed by atoms with Crippen molar-refractivity contribution in [3.05, 3.63) is 0 Å². The van der Waals surface area contributed by atoms with E-state index in [1.54, 1.807) is 0 Å². The standard InChI is InChI=1S/C8H17NO4S/c1-14(10,11)6-12-5-8-3-2-7(9)4-13-8/h7-8H,2-6,9H2,1H3/t7-,8+/m1/s1. The first kappa shape index (κ1) is 11.9. The van der Waals surface area contributed by atoms with Crippen LogP contribution in [0.5, 0.6) is 0 Å². The van der Waals surface area contributed by atoms with Crippen molar-refractivity contribution in [2.75, 3.05) is 25.4 Å². The molecule has 0 spiro atoms. The second-order valence-corrected chi connectivity index (χ2v) is 5.79. The van der Waals surface area contributed by atoms with Gasteiger partial charge in [-0.25, -0.2) is 8.42 Å². The molecule has 0 saturated carbocycles. The highest BCUT2D eigenvalue weighted by Gasteiger charge is 2.19. The Hall–Kier alpha value is -0.170. The van der Waals surface area contributed by atoms with Gasteiger partial charge in [0.25, 0.3) is 0 Å². The van der Waals surface area contributed by atoms with Gasteiger partial charge in [0, 0.05) is 12.3 Å². The van der Waals surface area contributed by atoms with Crippen molar-refractivity contribution < 1.29 is 17.9 Å². The number of sulfone groups is 1. The fourth-order valence-corrected chi connectivity index (χ4v) is 1.69. The minimum atomic E-state index is -3.04. The van der Waals surface area contributed by atoms with Crippen LogP contribution in [0, 0.1) is 0 Å². The zero-order chi connectivity index (χ0) is 10.6. The summed E-state index contributed by atoms with van der Waals surface area (Å²) in [5.41, 5.74) is 5.63. The van der Waals surface area contributed by atoms with Gasteiger partial charge in [-0.2, -0.15) is 0 Å². The Bertz CT molecular complexity index is 257. The molecular formula is C8H17NO4S. The van der Waals surface area contributed by atoms with E-state index in [9.17, 15) is 8.42 Å². The van der Waals surface area contributed by atoms with E-state index in [1.807, 2.05) is 0 Å². The SMILES string of the molecule is CS(=O)(=O)COC[C@@H]1CC[C@@H](N)CO1. The number of ether oxygens (including phenoxy) is 2. The van der Waals surface area contributed by atoms with Crippen LogP contribution in [0.3, 0.4) is 0 Å². The Labute approximate surface area is 84.5 Å². The first-order chi connectivity index (χ1) is 6.47. The quantitative estimate of drug-likeness (QED) is 0.696. The molecule has 2 atom stereocenters. The van der Waals surface area contributed by atoms with E-state index in [-0.39, 0.29) is 18.1 Å². The molecule has 6 heteroatoms. The molecule has 1 heterocycles. The molecule has 2 N–H and O–H groups in total. The lowest BCUT2D eigenvalue weighted by Gasteiger charge is -2.26. The molecule has 0 aromatic carbocycles. The third kappa shape index (κ3) is 4.90. The maximum Gasteiger partial charge on any atom is 0.171 e. The van der Waals surface area contributed by atoms with Crippen LogP contribution in [-0.2, 0) is 19.3 Å². The van der Waals surface area contributed by atoms with Gasteiger partial charge in [0.05, 0.1) is 19.3 Å². The summed E-state index contributed by atoms with van der Waals surface area (Å²) in [4.78, 5) is 0. The molecule has 0 aliphatic carbocycles. The van der Waals surface area contributed by atoms with E-state index in [0.717, 1.165) is 19.1 Å². The van der Waals surface area contributed by atoms with Crippen molar-refractivity contribution in [3.63, 3.8) is 0 Å². The van der Waals surface area contributed by atoms with Crippen LogP contribution in [0.4, 0.5) is 0 Å². The van der Waals surface area contributed by atoms with E-state index in [0.29, 0.717) is 13.2 Å². The number of nitrogens with two attached hydrogens (primary N) is 1. The first-order valence-corrected chi connectivity index (χ1v) is 6.66. The molecule has 5 nitrogen and oxygen atoms in total. The summed E-state index contributed by atoms with van der Waals surface area (Å²) in [5.74, 6) is -0.237. The summed E-state index contributed by atoms with van der Waals surface area (Å²) in [5, 5.41) is 0. The molecule has 0 aromatic heterocycles. The van der Waals surface area contributed by atoms with Crippen molar-refractivity contribution in [3.8, 4) is 0 Å². The summed E-state index contributed by atoms with van der Waals surface area (Å²) < 4.78 is 31.9. The Kier molecular flexibility index (Phi) is 4.31. The first-order valence-electron chi connectivity index (χ1n) is 4.60. The van der Waals surface area contributed by atoms with Crippen molar-refractivity contribution in [2.45, 2.75) is 25.0 Å². The monoisotopic (exact) mass is 223 g/mol. The molecule has 1 saturated heterocycles. The van der Waals surface area contributed by atoms with Crippen molar-refractivity contribution in [1.82, 2.24) is 0 Å². The largest absolute Gasteiger partial charge is 0.374 e. The molecule has 0 unspecified atom stereocenters. The molecule has 14 heavy (non-hydrogen) atoms. The number of hydrogen-bond acceptors (Lipinski definition) is 5. The van der Waals surface area contributed by atoms with Gasteiger partial charge in [-0.1, -0.05) is 0 Å². The maximum absolute atomic E-state index is 10.7. The highest BCUT2D eigenvalue weighted by Crippen LogP contribution is 2.12. The van der Waals surface area contributed by atoms with Crippen LogP contribution >= 0.6 is 0 Å². The number of hydrogen-bond donors (Lipinski definition) is 1. The van der Waals surface area contributed by atoms with Gasteiger partial charge < -0.3 is 15.2 Å². The van der Waals surface area contributed by atoms with Gasteiger partial charge in [-0.3, -0.25) is 0 Å². The van der Waals surface area contributed by atoms with Gasteiger partial charge in [0.2, 0.25) is 0 Å². The summed E-state index contributed by atoms with van der Waals surface area (Å²) in [6.45, 7) is 0.868. The van der Waals surface area contributed by atoms with Gasteiger partial charge >= 0.3 is 0 Å². The normalized spacial score (nSPS) is 29.0. The van der Waals surface area contributed by atoms with E-state index in [1.165, 1.54) is 0 Å². The van der Waals surface area contributed by atoms with Crippen LogP contribution < -0.4 is 5.73 Å². The van der Waals surface area contributed by atoms with Gasteiger partial charge in [0.1, 0.15) is 5.94 Å². The second kappa shape index (κ2) is 5.06. The van der Waals surface area contributed by atoms with Crippen molar-refractivity contribution in [2.24, 2.45) is 5.73 Å². The third-order valence-corrected chi connectivity index (χ3v) is 2.60. The summed E-state index contributed by atoms with van der Waals surface area (Å²) in [6.07, 6.45) is 2.89. The van der Waals surface area contributed by atoms with Crippen LogP contribution in [0.2, 0.25) is 0 Å². The van der Waals surface area contributed by atoms with E-state index in [4.69, 9.17) is 15.2 Å². The summed E-state index contributed by atoms with van der Waals surface area (Å²) in [7, 11) is -3.04. The van der Waals surface area contributed by atoms with Gasteiger partial charge in [-0.05, 0) is 12.8 Å². The van der Waals surface area contributed by atoms with Crippen LogP contribution in [-0.4, -0.2) is 46.0 Å². The molecule has 1 rings (SSSR count). The number of rotatable bonds is 4. The topological polar surface area (TPSA) is 78.6 Å². The highest BCUT2D eigenvalue weighted by molar-refractivity contribution is 7.90. The average Bonchev–Trinajstić information content (AvgIpc) is 2.06. The molecule has 1 fully saturated rings. The molecule has 0 aromatic rings. The highest BCUT2D eigenvalue weighted by atomic mass is 32.2. The van der Waals surface area contributed by atoms with E-state index >= 15 is 0 Å². The Balaban J connectivity index is 2.14. The Morgan fingerprint density at radius 3 is 2.71 bits per heavy atom. The van der Waals surface area contributed by atoms with E-state index < -0.39 is 9.84 Å². The van der Waals surface area contributed by atoms with Crippen molar-refractivity contribution in [1.29, 1.82) is 0 Å². The summed E-state index contributed by atoms with van der Waals surface area (Å²) >= 11 is 0. The third-order valence-electron chi connectivity index (χ3n) is 2.01. The minimum absolute atomic E-state index is 0.00319. The molecule has 0 radical (unpaired) electrons. The van der Waals surface area contributed by atoms with Crippen LogP contribution in [0.25, 0.3) is 0 Å². The second-order valence-electron chi connectivity index (χ2n) is 3.71. The van der Waals surface area contributed by atoms with Crippen molar-refractivity contribution >= 4 is 9.84 Å². The van der Waals surface area contributed by atoms with Gasteiger partial charge in [0.15, 0.2) is 9.84 Å². The zero-order valence-electron chi connectivity index (χ0n) is 8.31. The molecule has 84 valence electrons. The smallest absolute Gasteiger partial charge is 0.171 e. The Morgan fingerprint density at radius 1 is 1.50 bits per heavy atom. The molecule has 0 amide bonds. The fraction of sp³-hybridized carbons (Fsp3) is 1.00. The van der Waals surface area contributed by atoms with Gasteiger partial charge in [-0.15, -0.1) is 0 Å². The molecule has 1 aliphatic rings. The fourth-order valence-electron chi connectivity index (χ4n) is 1.29. The predicted molar refractivity (Wildman–Crippen MR) is 52.6 cm³/mol. The minimum Gasteiger partial charge on any atom is -0.374 e. The van der Waals surface area contributed by atoms with E-state index in [2.05, 4.69) is 0 Å². The maximum atomic E-state index is 10.7.